The van der Waals surface area contributed by atoms with Crippen molar-refractivity contribution in [1.82, 2.24) is 15.5 Å². The van der Waals surface area contributed by atoms with E-state index >= 15 is 0 Å². The summed E-state index contributed by atoms with van der Waals surface area (Å²) in [5.74, 6) is 0.754. The Labute approximate surface area is 178 Å². The van der Waals surface area contributed by atoms with Crippen LogP contribution in [0.4, 0.5) is 4.79 Å². The molecule has 148 valence electrons. The van der Waals surface area contributed by atoms with Crippen LogP contribution in [0.15, 0.2) is 29.3 Å². The Morgan fingerprint density at radius 1 is 1.37 bits per heavy atom. The van der Waals surface area contributed by atoms with Gasteiger partial charge in [0.25, 0.3) is 0 Å². The van der Waals surface area contributed by atoms with E-state index in [-0.39, 0.29) is 36.1 Å². The van der Waals surface area contributed by atoms with E-state index in [4.69, 9.17) is 10.00 Å². The van der Waals surface area contributed by atoms with Gasteiger partial charge < -0.3 is 20.3 Å². The Kier molecular flexibility index (Phi) is 10.6. The van der Waals surface area contributed by atoms with Crippen LogP contribution in [-0.4, -0.2) is 49.2 Å². The first-order chi connectivity index (χ1) is 12.7. The van der Waals surface area contributed by atoms with E-state index in [0.717, 1.165) is 30.9 Å². The minimum absolute atomic E-state index is 0. The number of amides is 1. The largest absolute Gasteiger partial charge is 0.450 e. The van der Waals surface area contributed by atoms with Crippen LogP contribution in [0.25, 0.3) is 0 Å². The van der Waals surface area contributed by atoms with E-state index in [0.29, 0.717) is 31.8 Å². The van der Waals surface area contributed by atoms with Gasteiger partial charge >= 0.3 is 6.09 Å². The SMILES string of the molecule is CCNC(=NCc1cccc(C#N)c1)NC1CCN(C(=O)OCC)CC1.I. The van der Waals surface area contributed by atoms with E-state index < -0.39 is 0 Å². The minimum Gasteiger partial charge on any atom is -0.450 e. The molecule has 27 heavy (non-hydrogen) atoms. The minimum atomic E-state index is -0.233. The van der Waals surface area contributed by atoms with Crippen molar-refractivity contribution in [2.24, 2.45) is 4.99 Å². The molecular formula is C19H28IN5O2. The van der Waals surface area contributed by atoms with Crippen molar-refractivity contribution < 1.29 is 9.53 Å². The van der Waals surface area contributed by atoms with Gasteiger partial charge in [-0.05, 0) is 44.4 Å². The van der Waals surface area contributed by atoms with Crippen molar-refractivity contribution in [2.45, 2.75) is 39.3 Å². The molecule has 0 saturated carbocycles. The molecule has 7 nitrogen and oxygen atoms in total. The molecule has 0 spiro atoms. The van der Waals surface area contributed by atoms with E-state index in [1.165, 1.54) is 0 Å². The summed E-state index contributed by atoms with van der Waals surface area (Å²) in [6.45, 7) is 6.88. The van der Waals surface area contributed by atoms with Gasteiger partial charge in [-0.25, -0.2) is 9.79 Å². The van der Waals surface area contributed by atoms with E-state index in [9.17, 15) is 4.79 Å². The number of ether oxygens (including phenoxy) is 1. The second kappa shape index (κ2) is 12.4. The van der Waals surface area contributed by atoms with Crippen molar-refractivity contribution >= 4 is 36.0 Å². The number of rotatable bonds is 5. The lowest BCUT2D eigenvalue weighted by atomic mass is 10.1. The van der Waals surface area contributed by atoms with Crippen molar-refractivity contribution in [3.63, 3.8) is 0 Å². The van der Waals surface area contributed by atoms with Gasteiger partial charge in [0.05, 0.1) is 24.8 Å². The first kappa shape index (κ1) is 23.0. The predicted octanol–water partition coefficient (Wildman–Crippen LogP) is 2.85. The molecule has 8 heteroatoms. The molecule has 1 aromatic rings. The second-order valence-corrected chi connectivity index (χ2v) is 6.11. The lowest BCUT2D eigenvalue weighted by Gasteiger charge is -2.32. The number of benzene rings is 1. The Morgan fingerprint density at radius 2 is 2.11 bits per heavy atom. The summed E-state index contributed by atoms with van der Waals surface area (Å²) in [6, 6.07) is 9.89. The van der Waals surface area contributed by atoms with Crippen molar-refractivity contribution in [2.75, 3.05) is 26.2 Å². The number of halogens is 1. The predicted molar refractivity (Wildman–Crippen MR) is 116 cm³/mol. The number of hydrogen-bond donors (Lipinski definition) is 2. The summed E-state index contributed by atoms with van der Waals surface area (Å²) in [7, 11) is 0. The number of nitrogens with one attached hydrogen (secondary N) is 2. The maximum Gasteiger partial charge on any atom is 0.409 e. The molecule has 1 amide bonds. The van der Waals surface area contributed by atoms with Crippen molar-refractivity contribution in [1.29, 1.82) is 5.26 Å². The number of carbonyl (C=O) groups excluding carboxylic acids is 1. The number of likely N-dealkylation sites (tertiary alicyclic amines) is 1. The molecular weight excluding hydrogens is 457 g/mol. The quantitative estimate of drug-likeness (QED) is 0.381. The molecule has 1 aliphatic rings. The third-order valence-corrected chi connectivity index (χ3v) is 4.18. The fourth-order valence-electron chi connectivity index (χ4n) is 2.84. The third kappa shape index (κ3) is 7.62. The molecule has 1 fully saturated rings. The van der Waals surface area contributed by atoms with E-state index in [1.807, 2.05) is 32.0 Å². The lowest BCUT2D eigenvalue weighted by Crippen LogP contribution is -2.49. The van der Waals surface area contributed by atoms with E-state index in [1.54, 1.807) is 11.0 Å². The zero-order valence-electron chi connectivity index (χ0n) is 15.9. The summed E-state index contributed by atoms with van der Waals surface area (Å²) in [5.41, 5.74) is 1.64. The van der Waals surface area contributed by atoms with Gasteiger partial charge in [-0.3, -0.25) is 0 Å². The van der Waals surface area contributed by atoms with Crippen LogP contribution in [0.3, 0.4) is 0 Å². The highest BCUT2D eigenvalue weighted by Crippen LogP contribution is 2.12. The van der Waals surface area contributed by atoms with Gasteiger partial charge in [0.15, 0.2) is 5.96 Å². The van der Waals surface area contributed by atoms with Crippen LogP contribution in [0, 0.1) is 11.3 Å². The normalized spacial score (nSPS) is 14.7. The monoisotopic (exact) mass is 485 g/mol. The van der Waals surface area contributed by atoms with Crippen LogP contribution in [0.2, 0.25) is 0 Å². The van der Waals surface area contributed by atoms with Gasteiger partial charge in [0, 0.05) is 25.7 Å². The molecule has 0 aliphatic carbocycles. The molecule has 1 aliphatic heterocycles. The van der Waals surface area contributed by atoms with Crippen molar-refractivity contribution in [3.05, 3.63) is 35.4 Å². The Bertz CT molecular complexity index is 666. The number of nitriles is 1. The van der Waals surface area contributed by atoms with Gasteiger partial charge in [-0.2, -0.15) is 5.26 Å². The highest BCUT2D eigenvalue weighted by Gasteiger charge is 2.23. The number of aliphatic imine (C=N–C) groups is 1. The molecule has 2 rings (SSSR count). The Hall–Kier alpha value is -2.02. The number of hydrogen-bond acceptors (Lipinski definition) is 4. The first-order valence-corrected chi connectivity index (χ1v) is 9.11. The molecule has 0 radical (unpaired) electrons. The Balaban J connectivity index is 0.00000364. The molecule has 1 heterocycles. The molecule has 0 bridgehead atoms. The second-order valence-electron chi connectivity index (χ2n) is 6.11. The van der Waals surface area contributed by atoms with Crippen LogP contribution < -0.4 is 10.6 Å². The van der Waals surface area contributed by atoms with Crippen molar-refractivity contribution in [3.8, 4) is 6.07 Å². The van der Waals surface area contributed by atoms with Crippen LogP contribution in [-0.2, 0) is 11.3 Å². The van der Waals surface area contributed by atoms with Crippen LogP contribution in [0.1, 0.15) is 37.8 Å². The molecule has 1 aromatic carbocycles. The number of nitrogens with zero attached hydrogens (tertiary/aromatic N) is 3. The summed E-state index contributed by atoms with van der Waals surface area (Å²) in [6.07, 6.45) is 1.48. The zero-order valence-corrected chi connectivity index (χ0v) is 18.2. The summed E-state index contributed by atoms with van der Waals surface area (Å²) < 4.78 is 5.05. The fourth-order valence-corrected chi connectivity index (χ4v) is 2.84. The van der Waals surface area contributed by atoms with Gasteiger partial charge in [0.1, 0.15) is 0 Å². The molecule has 1 saturated heterocycles. The zero-order chi connectivity index (χ0) is 18.8. The number of guanidine groups is 1. The molecule has 0 unspecified atom stereocenters. The highest BCUT2D eigenvalue weighted by atomic mass is 127. The Morgan fingerprint density at radius 3 is 2.74 bits per heavy atom. The summed E-state index contributed by atoms with van der Waals surface area (Å²) in [5, 5.41) is 15.7. The number of carbonyl (C=O) groups is 1. The maximum absolute atomic E-state index is 11.8. The summed E-state index contributed by atoms with van der Waals surface area (Å²) >= 11 is 0. The smallest absolute Gasteiger partial charge is 0.409 e. The molecule has 0 atom stereocenters. The average Bonchev–Trinajstić information content (AvgIpc) is 2.67. The standard InChI is InChI=1S/C19H27N5O2.HI/c1-3-21-18(22-14-16-7-5-6-15(12-16)13-20)23-17-8-10-24(11-9-17)19(25)26-4-2;/h5-7,12,17H,3-4,8-11,14H2,1-2H3,(H2,21,22,23);1H. The highest BCUT2D eigenvalue weighted by molar-refractivity contribution is 14.0. The number of piperidine rings is 1. The van der Waals surface area contributed by atoms with Gasteiger partial charge in [0.2, 0.25) is 0 Å². The topological polar surface area (TPSA) is 89.8 Å². The van der Waals surface area contributed by atoms with Gasteiger partial charge in [-0.15, -0.1) is 24.0 Å². The molecule has 2 N–H and O–H groups in total. The fraction of sp³-hybridized carbons (Fsp3) is 0.526. The van der Waals surface area contributed by atoms with Gasteiger partial charge in [-0.1, -0.05) is 12.1 Å². The first-order valence-electron chi connectivity index (χ1n) is 9.11. The van der Waals surface area contributed by atoms with Crippen LogP contribution >= 0.6 is 24.0 Å². The van der Waals surface area contributed by atoms with Crippen LogP contribution in [0.5, 0.6) is 0 Å². The lowest BCUT2D eigenvalue weighted by molar-refractivity contribution is 0.0963. The third-order valence-electron chi connectivity index (χ3n) is 4.18. The average molecular weight is 485 g/mol. The summed E-state index contributed by atoms with van der Waals surface area (Å²) in [4.78, 5) is 18.1. The van der Waals surface area contributed by atoms with E-state index in [2.05, 4.69) is 21.7 Å². The molecule has 0 aromatic heterocycles. The maximum atomic E-state index is 11.8.